The number of rotatable bonds is 2. The molecule has 74 valence electrons. The summed E-state index contributed by atoms with van der Waals surface area (Å²) in [6.45, 7) is 2.55. The van der Waals surface area contributed by atoms with E-state index in [1.807, 2.05) is 14.0 Å². The van der Waals surface area contributed by atoms with E-state index in [-0.39, 0.29) is 0 Å². The van der Waals surface area contributed by atoms with Gasteiger partial charge in [0, 0.05) is 12.6 Å². The fraction of sp³-hybridized carbons (Fsp3) is 0.375. The van der Waals surface area contributed by atoms with Gasteiger partial charge in [-0.25, -0.2) is 9.67 Å². The largest absolute Gasteiger partial charge is 0.384 e. The molecular weight excluding hydrogens is 180 g/mol. The van der Waals surface area contributed by atoms with Gasteiger partial charge in [-0.3, -0.25) is 4.68 Å². The van der Waals surface area contributed by atoms with E-state index in [0.717, 1.165) is 11.3 Å². The van der Waals surface area contributed by atoms with Crippen molar-refractivity contribution in [1.82, 2.24) is 24.5 Å². The smallest absolute Gasteiger partial charge is 0.137 e. The number of hydrogen-bond donors (Lipinski definition) is 1. The van der Waals surface area contributed by atoms with Crippen molar-refractivity contribution < 1.29 is 0 Å². The molecule has 0 atom stereocenters. The van der Waals surface area contributed by atoms with Crippen LogP contribution in [0.1, 0.15) is 11.3 Å². The number of aryl methyl sites for hydroxylation is 2. The second-order valence-electron chi connectivity index (χ2n) is 3.17. The first-order valence-electron chi connectivity index (χ1n) is 4.29. The van der Waals surface area contributed by atoms with Crippen LogP contribution in [0.4, 0.5) is 5.82 Å². The topological polar surface area (TPSA) is 74.6 Å². The molecule has 14 heavy (non-hydrogen) atoms. The zero-order valence-corrected chi connectivity index (χ0v) is 8.18. The summed E-state index contributed by atoms with van der Waals surface area (Å²) in [7, 11) is 1.83. The van der Waals surface area contributed by atoms with E-state index in [9.17, 15) is 0 Å². The molecule has 0 aliphatic carbocycles. The van der Waals surface area contributed by atoms with Crippen molar-refractivity contribution in [3.05, 3.63) is 23.9 Å². The Balaban J connectivity index is 2.33. The summed E-state index contributed by atoms with van der Waals surface area (Å²) < 4.78 is 3.39. The van der Waals surface area contributed by atoms with Crippen LogP contribution < -0.4 is 5.73 Å². The van der Waals surface area contributed by atoms with Crippen LogP contribution in [0.2, 0.25) is 0 Å². The Kier molecular flexibility index (Phi) is 1.95. The summed E-state index contributed by atoms with van der Waals surface area (Å²) in [6.07, 6.45) is 3.16. The van der Waals surface area contributed by atoms with Gasteiger partial charge in [-0.2, -0.15) is 10.2 Å². The standard InChI is InChI=1S/C8H12N6/c1-6-7(8(9)13(2)12-6)3-14-5-10-4-11-14/h4-5H,3,9H2,1-2H3. The van der Waals surface area contributed by atoms with Crippen LogP contribution >= 0.6 is 0 Å². The lowest BCUT2D eigenvalue weighted by Gasteiger charge is -2.00. The Labute approximate surface area is 81.4 Å². The van der Waals surface area contributed by atoms with Crippen molar-refractivity contribution in [1.29, 1.82) is 0 Å². The fourth-order valence-corrected chi connectivity index (χ4v) is 1.39. The van der Waals surface area contributed by atoms with E-state index >= 15 is 0 Å². The monoisotopic (exact) mass is 192 g/mol. The number of nitrogens with two attached hydrogens (primary N) is 1. The van der Waals surface area contributed by atoms with Crippen molar-refractivity contribution in [2.45, 2.75) is 13.5 Å². The molecule has 0 spiro atoms. The Morgan fingerprint density at radius 2 is 2.29 bits per heavy atom. The van der Waals surface area contributed by atoms with Crippen LogP contribution in [-0.4, -0.2) is 24.5 Å². The highest BCUT2D eigenvalue weighted by molar-refractivity contribution is 5.42. The lowest BCUT2D eigenvalue weighted by molar-refractivity contribution is 0.683. The van der Waals surface area contributed by atoms with Gasteiger partial charge in [0.1, 0.15) is 18.5 Å². The molecule has 0 radical (unpaired) electrons. The Morgan fingerprint density at radius 3 is 2.79 bits per heavy atom. The molecule has 0 aromatic carbocycles. The number of anilines is 1. The van der Waals surface area contributed by atoms with E-state index in [1.54, 1.807) is 15.7 Å². The number of nitrogen functional groups attached to an aromatic ring is 1. The fourth-order valence-electron chi connectivity index (χ4n) is 1.39. The van der Waals surface area contributed by atoms with Gasteiger partial charge in [0.25, 0.3) is 0 Å². The highest BCUT2D eigenvalue weighted by Gasteiger charge is 2.10. The van der Waals surface area contributed by atoms with E-state index in [1.165, 1.54) is 6.33 Å². The molecule has 2 heterocycles. The number of aromatic nitrogens is 5. The van der Waals surface area contributed by atoms with Crippen LogP contribution in [0, 0.1) is 6.92 Å². The number of nitrogens with zero attached hydrogens (tertiary/aromatic N) is 5. The molecule has 2 aromatic rings. The molecule has 0 saturated carbocycles. The molecular formula is C8H12N6. The molecule has 0 unspecified atom stereocenters. The lowest BCUT2D eigenvalue weighted by Crippen LogP contribution is -2.04. The van der Waals surface area contributed by atoms with Crippen LogP contribution in [0.3, 0.4) is 0 Å². The molecule has 2 N–H and O–H groups in total. The summed E-state index contributed by atoms with van der Waals surface area (Å²) >= 11 is 0. The maximum absolute atomic E-state index is 5.86. The summed E-state index contributed by atoms with van der Waals surface area (Å²) in [5.41, 5.74) is 7.79. The minimum atomic E-state index is 0.617. The Hall–Kier alpha value is -1.85. The van der Waals surface area contributed by atoms with E-state index in [4.69, 9.17) is 5.73 Å². The average molecular weight is 192 g/mol. The van der Waals surface area contributed by atoms with Gasteiger partial charge in [0.2, 0.25) is 0 Å². The Bertz CT molecular complexity index is 427. The van der Waals surface area contributed by atoms with Gasteiger partial charge in [0.05, 0.1) is 12.2 Å². The molecule has 6 heteroatoms. The second kappa shape index (κ2) is 3.13. The molecule has 0 aliphatic heterocycles. The van der Waals surface area contributed by atoms with Gasteiger partial charge in [0.15, 0.2) is 0 Å². The van der Waals surface area contributed by atoms with Crippen molar-refractivity contribution in [2.24, 2.45) is 7.05 Å². The molecule has 0 amide bonds. The molecule has 0 bridgehead atoms. The molecule has 0 aliphatic rings. The van der Waals surface area contributed by atoms with Crippen molar-refractivity contribution in [3.8, 4) is 0 Å². The predicted octanol–water partition coefficient (Wildman–Crippen LogP) is -0.0495. The number of hydrogen-bond acceptors (Lipinski definition) is 4. The van der Waals surface area contributed by atoms with Gasteiger partial charge in [-0.1, -0.05) is 0 Å². The zero-order valence-electron chi connectivity index (χ0n) is 8.18. The second-order valence-corrected chi connectivity index (χ2v) is 3.17. The zero-order chi connectivity index (χ0) is 10.1. The van der Waals surface area contributed by atoms with Crippen LogP contribution in [0.25, 0.3) is 0 Å². The van der Waals surface area contributed by atoms with Crippen molar-refractivity contribution in [2.75, 3.05) is 5.73 Å². The van der Waals surface area contributed by atoms with Gasteiger partial charge < -0.3 is 5.73 Å². The molecule has 6 nitrogen and oxygen atoms in total. The third kappa shape index (κ3) is 1.34. The van der Waals surface area contributed by atoms with E-state index in [0.29, 0.717) is 12.4 Å². The van der Waals surface area contributed by atoms with Crippen LogP contribution in [0.15, 0.2) is 12.7 Å². The molecule has 2 rings (SSSR count). The van der Waals surface area contributed by atoms with Crippen LogP contribution in [0.5, 0.6) is 0 Å². The molecule has 0 saturated heterocycles. The van der Waals surface area contributed by atoms with Crippen molar-refractivity contribution >= 4 is 5.82 Å². The van der Waals surface area contributed by atoms with Gasteiger partial charge in [-0.05, 0) is 6.92 Å². The summed E-state index contributed by atoms with van der Waals surface area (Å²) in [5.74, 6) is 0.679. The minimum absolute atomic E-state index is 0.617. The van der Waals surface area contributed by atoms with Gasteiger partial charge in [-0.15, -0.1) is 0 Å². The highest BCUT2D eigenvalue weighted by Crippen LogP contribution is 2.15. The van der Waals surface area contributed by atoms with Crippen LogP contribution in [-0.2, 0) is 13.6 Å². The maximum Gasteiger partial charge on any atom is 0.137 e. The summed E-state index contributed by atoms with van der Waals surface area (Å²) in [4.78, 5) is 3.87. The average Bonchev–Trinajstić information content (AvgIpc) is 2.71. The first-order chi connectivity index (χ1) is 6.68. The molecule has 0 fully saturated rings. The highest BCUT2D eigenvalue weighted by atomic mass is 15.3. The normalized spacial score (nSPS) is 10.7. The summed E-state index contributed by atoms with van der Waals surface area (Å²) in [5, 5.41) is 8.24. The van der Waals surface area contributed by atoms with E-state index < -0.39 is 0 Å². The molecule has 2 aromatic heterocycles. The van der Waals surface area contributed by atoms with E-state index in [2.05, 4.69) is 15.2 Å². The van der Waals surface area contributed by atoms with Gasteiger partial charge >= 0.3 is 0 Å². The first-order valence-corrected chi connectivity index (χ1v) is 4.29. The Morgan fingerprint density at radius 1 is 1.50 bits per heavy atom. The summed E-state index contributed by atoms with van der Waals surface area (Å²) in [6, 6.07) is 0. The SMILES string of the molecule is Cc1nn(C)c(N)c1Cn1cncn1. The third-order valence-electron chi connectivity index (χ3n) is 2.18. The quantitative estimate of drug-likeness (QED) is 0.724. The maximum atomic E-state index is 5.86. The first kappa shape index (κ1) is 8.74. The minimum Gasteiger partial charge on any atom is -0.384 e. The van der Waals surface area contributed by atoms with Crippen molar-refractivity contribution in [3.63, 3.8) is 0 Å². The lowest BCUT2D eigenvalue weighted by atomic mass is 10.2. The predicted molar refractivity (Wildman–Crippen MR) is 51.5 cm³/mol. The third-order valence-corrected chi connectivity index (χ3v) is 2.18.